The van der Waals surface area contributed by atoms with E-state index in [2.05, 4.69) is 29.4 Å². The molecule has 0 saturated heterocycles. The third-order valence-corrected chi connectivity index (χ3v) is 6.85. The molecule has 5 heteroatoms. The van der Waals surface area contributed by atoms with E-state index < -0.39 is 8.56 Å². The monoisotopic (exact) mass is 310 g/mol. The Morgan fingerprint density at radius 3 is 2.19 bits per heavy atom. The molecule has 0 spiro atoms. The van der Waals surface area contributed by atoms with Crippen LogP contribution in [0.25, 0.3) is 0 Å². The quantitative estimate of drug-likeness (QED) is 0.456. The van der Waals surface area contributed by atoms with Crippen molar-refractivity contribution in [3.05, 3.63) is 35.9 Å². The van der Waals surface area contributed by atoms with Crippen molar-refractivity contribution in [2.75, 3.05) is 34.9 Å². The molecule has 0 aromatic heterocycles. The van der Waals surface area contributed by atoms with Crippen LogP contribution in [0.4, 0.5) is 0 Å². The fraction of sp³-hybridized carbons (Fsp3) is 0.562. The zero-order valence-electron chi connectivity index (χ0n) is 14.1. The third-order valence-electron chi connectivity index (χ3n) is 3.17. The molecule has 1 aromatic carbocycles. The summed E-state index contributed by atoms with van der Waals surface area (Å²) in [6.45, 7) is 2.96. The Labute approximate surface area is 130 Å². The van der Waals surface area contributed by atoms with Gasteiger partial charge in [0.05, 0.1) is 0 Å². The van der Waals surface area contributed by atoms with Crippen LogP contribution in [0.15, 0.2) is 35.3 Å². The molecule has 0 heterocycles. The molecular weight excluding hydrogens is 280 g/mol. The van der Waals surface area contributed by atoms with E-state index in [0.717, 1.165) is 30.6 Å². The maximum atomic E-state index is 5.57. The predicted octanol–water partition coefficient (Wildman–Crippen LogP) is 3.09. The SMILES string of the molecule is CC[Si](CCCN=Cc1ccccc1)(OC)OC.CNC. The lowest BCUT2D eigenvalue weighted by molar-refractivity contribution is 0.242. The van der Waals surface area contributed by atoms with Gasteiger partial charge in [-0.05, 0) is 38.2 Å². The summed E-state index contributed by atoms with van der Waals surface area (Å²) in [4.78, 5) is 4.43. The molecule has 0 bridgehead atoms. The van der Waals surface area contributed by atoms with Crippen LogP contribution in [0.3, 0.4) is 0 Å². The number of hydrogen-bond donors (Lipinski definition) is 1. The number of nitrogens with zero attached hydrogens (tertiary/aromatic N) is 1. The van der Waals surface area contributed by atoms with Crippen molar-refractivity contribution in [2.45, 2.75) is 25.4 Å². The fourth-order valence-corrected chi connectivity index (χ4v) is 4.10. The maximum absolute atomic E-state index is 5.57. The Hall–Kier alpha value is -1.01. The molecule has 0 aliphatic carbocycles. The lowest BCUT2D eigenvalue weighted by Gasteiger charge is -2.25. The van der Waals surface area contributed by atoms with Gasteiger partial charge in [0.15, 0.2) is 0 Å². The van der Waals surface area contributed by atoms with Gasteiger partial charge in [-0.1, -0.05) is 37.3 Å². The highest BCUT2D eigenvalue weighted by Gasteiger charge is 2.32. The molecule has 0 amide bonds. The van der Waals surface area contributed by atoms with Gasteiger partial charge >= 0.3 is 8.56 Å². The standard InChI is InChI=1S/C14H23NO2Si.C2H7N/c1-4-18(16-2,17-3)12-8-11-15-13-14-9-6-5-7-10-14;1-3-2/h5-7,9-10,13H,4,8,11-12H2,1-3H3;3H,1-2H3. The van der Waals surface area contributed by atoms with Gasteiger partial charge in [0.25, 0.3) is 0 Å². The van der Waals surface area contributed by atoms with Crippen LogP contribution in [0.2, 0.25) is 12.1 Å². The van der Waals surface area contributed by atoms with Crippen molar-refractivity contribution < 1.29 is 8.85 Å². The van der Waals surface area contributed by atoms with Crippen LogP contribution in [0.5, 0.6) is 0 Å². The van der Waals surface area contributed by atoms with E-state index in [0.29, 0.717) is 0 Å². The van der Waals surface area contributed by atoms with Crippen LogP contribution >= 0.6 is 0 Å². The highest BCUT2D eigenvalue weighted by atomic mass is 28.4. The highest BCUT2D eigenvalue weighted by molar-refractivity contribution is 6.67. The van der Waals surface area contributed by atoms with Gasteiger partial charge in [-0.2, -0.15) is 0 Å². The topological polar surface area (TPSA) is 42.9 Å². The number of benzene rings is 1. The second-order valence-corrected chi connectivity index (χ2v) is 8.57. The van der Waals surface area contributed by atoms with E-state index in [1.54, 1.807) is 14.2 Å². The normalized spacial score (nSPS) is 11.3. The van der Waals surface area contributed by atoms with Gasteiger partial charge in [0.2, 0.25) is 0 Å². The molecule has 0 unspecified atom stereocenters. The summed E-state index contributed by atoms with van der Waals surface area (Å²) in [5, 5.41) is 2.75. The maximum Gasteiger partial charge on any atom is 0.337 e. The molecule has 0 radical (unpaired) electrons. The second-order valence-electron chi connectivity index (χ2n) is 4.72. The number of hydrogen-bond acceptors (Lipinski definition) is 4. The number of rotatable bonds is 8. The first-order chi connectivity index (χ1) is 10.2. The van der Waals surface area contributed by atoms with E-state index >= 15 is 0 Å². The highest BCUT2D eigenvalue weighted by Crippen LogP contribution is 2.18. The third kappa shape index (κ3) is 8.78. The summed E-state index contributed by atoms with van der Waals surface area (Å²) in [5.74, 6) is 0. The molecule has 4 nitrogen and oxygen atoms in total. The molecule has 0 aliphatic heterocycles. The van der Waals surface area contributed by atoms with E-state index in [-0.39, 0.29) is 0 Å². The Morgan fingerprint density at radius 2 is 1.71 bits per heavy atom. The molecule has 120 valence electrons. The average Bonchev–Trinajstić information content (AvgIpc) is 2.53. The summed E-state index contributed by atoms with van der Waals surface area (Å²) in [6, 6.07) is 12.1. The van der Waals surface area contributed by atoms with Crippen LogP contribution in [-0.2, 0) is 8.85 Å². The van der Waals surface area contributed by atoms with Crippen LogP contribution in [-0.4, -0.2) is 49.6 Å². The zero-order chi connectivity index (χ0) is 16.0. The minimum absolute atomic E-state index is 0.830. The summed E-state index contributed by atoms with van der Waals surface area (Å²) < 4.78 is 11.1. The van der Waals surface area contributed by atoms with Crippen molar-refractivity contribution in [3.63, 3.8) is 0 Å². The first-order valence-corrected chi connectivity index (χ1v) is 9.64. The molecule has 0 fully saturated rings. The predicted molar refractivity (Wildman–Crippen MR) is 93.6 cm³/mol. The molecular formula is C16H30N2O2Si. The van der Waals surface area contributed by atoms with Gasteiger partial charge in [-0.25, -0.2) is 0 Å². The second kappa shape index (κ2) is 12.7. The number of aliphatic imine (C=N–C) groups is 1. The van der Waals surface area contributed by atoms with E-state index in [4.69, 9.17) is 8.85 Å². The molecule has 1 rings (SSSR count). The van der Waals surface area contributed by atoms with Crippen LogP contribution < -0.4 is 5.32 Å². The Morgan fingerprint density at radius 1 is 1.14 bits per heavy atom. The van der Waals surface area contributed by atoms with Crippen LogP contribution in [0.1, 0.15) is 18.9 Å². The Balaban J connectivity index is 0.00000122. The minimum atomic E-state index is -1.92. The van der Waals surface area contributed by atoms with Crippen molar-refractivity contribution in [2.24, 2.45) is 4.99 Å². The van der Waals surface area contributed by atoms with Gasteiger partial charge < -0.3 is 14.2 Å². The van der Waals surface area contributed by atoms with Crippen LogP contribution in [0, 0.1) is 0 Å². The summed E-state index contributed by atoms with van der Waals surface area (Å²) in [5.41, 5.74) is 1.15. The molecule has 1 aromatic rings. The summed E-state index contributed by atoms with van der Waals surface area (Å²) >= 11 is 0. The van der Waals surface area contributed by atoms with Crippen molar-refractivity contribution in [3.8, 4) is 0 Å². The Bertz CT molecular complexity index is 360. The first kappa shape index (κ1) is 20.0. The van der Waals surface area contributed by atoms with Gasteiger partial charge in [-0.3, -0.25) is 4.99 Å². The average molecular weight is 311 g/mol. The summed E-state index contributed by atoms with van der Waals surface area (Å²) in [7, 11) is 5.34. The van der Waals surface area contributed by atoms with Gasteiger partial charge in [0.1, 0.15) is 0 Å². The minimum Gasteiger partial charge on any atom is -0.398 e. The van der Waals surface area contributed by atoms with E-state index in [1.807, 2.05) is 38.5 Å². The summed E-state index contributed by atoms with van der Waals surface area (Å²) in [6.07, 6.45) is 2.94. The van der Waals surface area contributed by atoms with Crippen molar-refractivity contribution >= 4 is 14.8 Å². The molecule has 21 heavy (non-hydrogen) atoms. The Kier molecular flexibility index (Phi) is 12.1. The van der Waals surface area contributed by atoms with Crippen molar-refractivity contribution in [1.29, 1.82) is 0 Å². The molecule has 0 saturated carbocycles. The molecule has 0 atom stereocenters. The fourth-order valence-electron chi connectivity index (χ4n) is 1.90. The lowest BCUT2D eigenvalue weighted by Crippen LogP contribution is -2.39. The lowest BCUT2D eigenvalue weighted by atomic mass is 10.2. The molecule has 1 N–H and O–H groups in total. The number of nitrogens with one attached hydrogen (secondary N) is 1. The molecule has 0 aliphatic rings. The smallest absolute Gasteiger partial charge is 0.337 e. The zero-order valence-corrected chi connectivity index (χ0v) is 15.1. The van der Waals surface area contributed by atoms with E-state index in [1.165, 1.54) is 0 Å². The largest absolute Gasteiger partial charge is 0.398 e. The first-order valence-electron chi connectivity index (χ1n) is 7.41. The van der Waals surface area contributed by atoms with E-state index in [9.17, 15) is 0 Å². The van der Waals surface area contributed by atoms with Gasteiger partial charge in [-0.15, -0.1) is 0 Å². The van der Waals surface area contributed by atoms with Crippen molar-refractivity contribution in [1.82, 2.24) is 5.32 Å². The van der Waals surface area contributed by atoms with Gasteiger partial charge in [0, 0.05) is 27.0 Å².